The van der Waals surface area contributed by atoms with E-state index in [9.17, 15) is 14.4 Å². The minimum Gasteiger partial charge on any atom is -0.353 e. The lowest BCUT2D eigenvalue weighted by atomic mass is 10.1. The molecular formula is C13H14N2O3. The highest BCUT2D eigenvalue weighted by molar-refractivity contribution is 6.07. The number of nitrogens with one attached hydrogen (secondary N) is 1. The smallest absolute Gasteiger partial charge is 0.239 e. The van der Waals surface area contributed by atoms with E-state index in [1.54, 1.807) is 24.3 Å². The van der Waals surface area contributed by atoms with Crippen LogP contribution in [0.25, 0.3) is 0 Å². The Bertz CT molecular complexity index is 470. The zero-order chi connectivity index (χ0) is 13.0. The molecule has 5 heteroatoms. The Balaban J connectivity index is 1.95. The van der Waals surface area contributed by atoms with Crippen molar-refractivity contribution >= 4 is 17.6 Å². The van der Waals surface area contributed by atoms with Crippen molar-refractivity contribution in [3.63, 3.8) is 0 Å². The van der Waals surface area contributed by atoms with Crippen LogP contribution in [0.2, 0.25) is 0 Å². The maximum Gasteiger partial charge on any atom is 0.239 e. The van der Waals surface area contributed by atoms with Gasteiger partial charge in [-0.25, -0.2) is 0 Å². The fourth-order valence-electron chi connectivity index (χ4n) is 1.83. The first-order chi connectivity index (χ1) is 8.66. The summed E-state index contributed by atoms with van der Waals surface area (Å²) in [5, 5.41) is 2.63. The van der Waals surface area contributed by atoms with Gasteiger partial charge in [0, 0.05) is 18.7 Å². The monoisotopic (exact) mass is 246 g/mol. The Kier molecular flexibility index (Phi) is 3.72. The summed E-state index contributed by atoms with van der Waals surface area (Å²) in [6, 6.07) is 8.68. The minimum atomic E-state index is -0.293. The third kappa shape index (κ3) is 2.94. The van der Waals surface area contributed by atoms with Gasteiger partial charge in [-0.2, -0.15) is 0 Å². The second kappa shape index (κ2) is 5.44. The first kappa shape index (κ1) is 12.3. The summed E-state index contributed by atoms with van der Waals surface area (Å²) in [5.41, 5.74) is 0.521. The van der Waals surface area contributed by atoms with Crippen LogP contribution in [-0.2, 0) is 9.59 Å². The predicted molar refractivity (Wildman–Crippen MR) is 65.0 cm³/mol. The van der Waals surface area contributed by atoms with Crippen molar-refractivity contribution in [2.24, 2.45) is 0 Å². The van der Waals surface area contributed by atoms with Crippen molar-refractivity contribution in [3.05, 3.63) is 35.9 Å². The van der Waals surface area contributed by atoms with Gasteiger partial charge in [-0.05, 0) is 0 Å². The molecule has 0 spiro atoms. The van der Waals surface area contributed by atoms with Gasteiger partial charge in [0.25, 0.3) is 0 Å². The van der Waals surface area contributed by atoms with E-state index < -0.39 is 0 Å². The molecule has 2 amide bonds. The zero-order valence-electron chi connectivity index (χ0n) is 9.89. The van der Waals surface area contributed by atoms with Crippen LogP contribution in [-0.4, -0.2) is 42.1 Å². The average molecular weight is 246 g/mol. The lowest BCUT2D eigenvalue weighted by molar-refractivity contribution is -0.137. The zero-order valence-corrected chi connectivity index (χ0v) is 9.89. The highest BCUT2D eigenvalue weighted by atomic mass is 16.2. The molecule has 1 N–H and O–H groups in total. The van der Waals surface area contributed by atoms with Crippen molar-refractivity contribution < 1.29 is 14.4 Å². The molecule has 1 aromatic rings. The predicted octanol–water partition coefficient (Wildman–Crippen LogP) is 0.218. The lowest BCUT2D eigenvalue weighted by Gasteiger charge is -2.26. The highest BCUT2D eigenvalue weighted by Gasteiger charge is 2.23. The molecule has 0 saturated carbocycles. The van der Waals surface area contributed by atoms with E-state index >= 15 is 0 Å². The number of benzene rings is 1. The van der Waals surface area contributed by atoms with Crippen molar-refractivity contribution in [3.8, 4) is 0 Å². The molecule has 1 aliphatic rings. The molecule has 0 atom stereocenters. The van der Waals surface area contributed by atoms with Crippen LogP contribution in [0.1, 0.15) is 16.8 Å². The SMILES string of the molecule is O=C1CN(C(=O)CC(=O)c2ccccc2)CCN1. The van der Waals surface area contributed by atoms with Gasteiger partial charge in [0.1, 0.15) is 0 Å². The molecular weight excluding hydrogens is 232 g/mol. The standard InChI is InChI=1S/C13H14N2O3/c16-11(10-4-2-1-3-5-10)8-13(18)15-7-6-14-12(17)9-15/h1-5H,6-9H2,(H,14,17). The van der Waals surface area contributed by atoms with Gasteiger partial charge < -0.3 is 10.2 Å². The second-order valence-electron chi connectivity index (χ2n) is 4.13. The van der Waals surface area contributed by atoms with Crippen molar-refractivity contribution in [2.75, 3.05) is 19.6 Å². The summed E-state index contributed by atoms with van der Waals surface area (Å²) < 4.78 is 0. The van der Waals surface area contributed by atoms with Gasteiger partial charge in [0.05, 0.1) is 13.0 Å². The summed E-state index contributed by atoms with van der Waals surface area (Å²) >= 11 is 0. The summed E-state index contributed by atoms with van der Waals surface area (Å²) in [7, 11) is 0. The third-order valence-corrected chi connectivity index (χ3v) is 2.80. The molecule has 0 aromatic heterocycles. The molecule has 1 aromatic carbocycles. The molecule has 0 unspecified atom stereocenters. The highest BCUT2D eigenvalue weighted by Crippen LogP contribution is 2.06. The molecule has 1 aliphatic heterocycles. The molecule has 5 nitrogen and oxygen atoms in total. The molecule has 0 bridgehead atoms. The fraction of sp³-hybridized carbons (Fsp3) is 0.308. The van der Waals surface area contributed by atoms with Gasteiger partial charge >= 0.3 is 0 Å². The second-order valence-corrected chi connectivity index (χ2v) is 4.13. The summed E-state index contributed by atoms with van der Waals surface area (Å²) in [4.78, 5) is 36.2. The molecule has 1 heterocycles. The number of piperazine rings is 1. The van der Waals surface area contributed by atoms with Crippen molar-refractivity contribution in [2.45, 2.75) is 6.42 Å². The molecule has 1 fully saturated rings. The van der Waals surface area contributed by atoms with E-state index in [0.29, 0.717) is 18.7 Å². The summed E-state index contributed by atoms with van der Waals surface area (Å²) in [6.07, 6.45) is -0.183. The number of hydrogen-bond acceptors (Lipinski definition) is 3. The molecule has 0 aliphatic carbocycles. The Morgan fingerprint density at radius 1 is 1.22 bits per heavy atom. The largest absolute Gasteiger partial charge is 0.353 e. The Hall–Kier alpha value is -2.17. The normalized spacial score (nSPS) is 15.1. The number of carbonyl (C=O) groups excluding carboxylic acids is 3. The van der Waals surface area contributed by atoms with Gasteiger partial charge in [-0.1, -0.05) is 30.3 Å². The van der Waals surface area contributed by atoms with Crippen LogP contribution in [0.3, 0.4) is 0 Å². The summed E-state index contributed by atoms with van der Waals surface area (Å²) in [5.74, 6) is -0.688. The summed E-state index contributed by atoms with van der Waals surface area (Å²) in [6.45, 7) is 0.956. The molecule has 2 rings (SSSR count). The van der Waals surface area contributed by atoms with E-state index in [1.807, 2.05) is 6.07 Å². The van der Waals surface area contributed by atoms with Crippen LogP contribution >= 0.6 is 0 Å². The van der Waals surface area contributed by atoms with E-state index in [1.165, 1.54) is 4.90 Å². The van der Waals surface area contributed by atoms with Crippen LogP contribution in [0.5, 0.6) is 0 Å². The Labute approximate surface area is 105 Å². The van der Waals surface area contributed by atoms with E-state index in [2.05, 4.69) is 5.32 Å². The fourth-order valence-corrected chi connectivity index (χ4v) is 1.83. The van der Waals surface area contributed by atoms with Gasteiger partial charge in [-0.3, -0.25) is 14.4 Å². The number of carbonyl (C=O) groups is 3. The van der Waals surface area contributed by atoms with Crippen LogP contribution < -0.4 is 5.32 Å². The lowest BCUT2D eigenvalue weighted by Crippen LogP contribution is -2.50. The first-order valence-electron chi connectivity index (χ1n) is 5.79. The maximum absolute atomic E-state index is 11.9. The van der Waals surface area contributed by atoms with E-state index in [-0.39, 0.29) is 30.6 Å². The number of Topliss-reactive ketones (excluding diaryl/α,β-unsaturated/α-hetero) is 1. The Morgan fingerprint density at radius 2 is 1.94 bits per heavy atom. The number of nitrogens with zero attached hydrogens (tertiary/aromatic N) is 1. The number of hydrogen-bond donors (Lipinski definition) is 1. The number of amides is 2. The van der Waals surface area contributed by atoms with Gasteiger partial charge in [-0.15, -0.1) is 0 Å². The van der Waals surface area contributed by atoms with Gasteiger partial charge in [0.2, 0.25) is 11.8 Å². The molecule has 94 valence electrons. The molecule has 1 saturated heterocycles. The average Bonchev–Trinajstić information content (AvgIpc) is 2.39. The quantitative estimate of drug-likeness (QED) is 0.612. The topological polar surface area (TPSA) is 66.5 Å². The van der Waals surface area contributed by atoms with Crippen LogP contribution in [0, 0.1) is 0 Å². The third-order valence-electron chi connectivity index (χ3n) is 2.80. The van der Waals surface area contributed by atoms with Crippen LogP contribution in [0.4, 0.5) is 0 Å². The maximum atomic E-state index is 11.9. The number of rotatable bonds is 3. The van der Waals surface area contributed by atoms with Crippen LogP contribution in [0.15, 0.2) is 30.3 Å². The van der Waals surface area contributed by atoms with Crippen molar-refractivity contribution in [1.29, 1.82) is 0 Å². The minimum absolute atomic E-state index is 0.0426. The van der Waals surface area contributed by atoms with Gasteiger partial charge in [0.15, 0.2) is 5.78 Å². The van der Waals surface area contributed by atoms with E-state index in [4.69, 9.17) is 0 Å². The first-order valence-corrected chi connectivity index (χ1v) is 5.79. The molecule has 18 heavy (non-hydrogen) atoms. The molecule has 0 radical (unpaired) electrons. The number of ketones is 1. The Morgan fingerprint density at radius 3 is 2.61 bits per heavy atom. The van der Waals surface area contributed by atoms with E-state index in [0.717, 1.165) is 0 Å². The van der Waals surface area contributed by atoms with Crippen molar-refractivity contribution in [1.82, 2.24) is 10.2 Å².